The molecule has 3 heterocycles. The molecule has 1 aliphatic heterocycles. The van der Waals surface area contributed by atoms with Gasteiger partial charge in [0.15, 0.2) is 0 Å². The number of anilines is 2. The molecule has 6 nitrogen and oxygen atoms in total. The van der Waals surface area contributed by atoms with Crippen LogP contribution in [0, 0.1) is 13.8 Å². The lowest BCUT2D eigenvalue weighted by molar-refractivity contribution is 0.0331. The number of nitrogens with one attached hydrogen (secondary N) is 1. The molecule has 0 saturated carbocycles. The predicted molar refractivity (Wildman–Crippen MR) is 109 cm³/mol. The van der Waals surface area contributed by atoms with E-state index in [-0.39, 0.29) is 0 Å². The summed E-state index contributed by atoms with van der Waals surface area (Å²) in [7, 11) is 1.67. The SMILES string of the molecule is COc1ccc(Nc2nc(CN3CCOCC3)nc3sc(C)c(C)c23)cc1. The number of methoxy groups -OCH3 is 1. The molecule has 1 aromatic carbocycles. The van der Waals surface area contributed by atoms with Gasteiger partial charge in [0.1, 0.15) is 22.2 Å². The number of aromatic nitrogens is 2. The molecule has 1 saturated heterocycles. The Hall–Kier alpha value is -2.22. The van der Waals surface area contributed by atoms with E-state index in [1.807, 2.05) is 24.3 Å². The number of fused-ring (bicyclic) bond motifs is 1. The number of benzene rings is 1. The van der Waals surface area contributed by atoms with E-state index in [1.54, 1.807) is 18.4 Å². The third-order valence-corrected chi connectivity index (χ3v) is 6.00. The molecule has 1 N–H and O–H groups in total. The van der Waals surface area contributed by atoms with Crippen LogP contribution in [0.3, 0.4) is 0 Å². The van der Waals surface area contributed by atoms with Crippen molar-refractivity contribution in [3.63, 3.8) is 0 Å². The molecule has 3 aromatic rings. The molecule has 142 valence electrons. The fourth-order valence-corrected chi connectivity index (χ4v) is 4.27. The first-order chi connectivity index (χ1) is 13.1. The molecule has 0 amide bonds. The average Bonchev–Trinajstić information content (AvgIpc) is 2.97. The van der Waals surface area contributed by atoms with E-state index in [1.165, 1.54) is 10.4 Å². The van der Waals surface area contributed by atoms with Crippen molar-refractivity contribution in [1.82, 2.24) is 14.9 Å². The molecule has 4 rings (SSSR count). The van der Waals surface area contributed by atoms with Crippen LogP contribution in [0.4, 0.5) is 11.5 Å². The summed E-state index contributed by atoms with van der Waals surface area (Å²) in [4.78, 5) is 14.4. The first-order valence-electron chi connectivity index (χ1n) is 9.12. The van der Waals surface area contributed by atoms with Crippen LogP contribution in [0.15, 0.2) is 24.3 Å². The van der Waals surface area contributed by atoms with Gasteiger partial charge in [-0.15, -0.1) is 11.3 Å². The minimum Gasteiger partial charge on any atom is -0.497 e. The summed E-state index contributed by atoms with van der Waals surface area (Å²) in [6.45, 7) is 8.41. The first-order valence-corrected chi connectivity index (χ1v) is 9.93. The van der Waals surface area contributed by atoms with E-state index < -0.39 is 0 Å². The fraction of sp³-hybridized carbons (Fsp3) is 0.400. The van der Waals surface area contributed by atoms with Gasteiger partial charge in [0.25, 0.3) is 0 Å². The number of morpholine rings is 1. The molecule has 0 unspecified atom stereocenters. The standard InChI is InChI=1S/C20H24N4O2S/c1-13-14(2)27-20-18(13)19(21-15-4-6-16(25-3)7-5-15)22-17(23-20)12-24-8-10-26-11-9-24/h4-7H,8-12H2,1-3H3,(H,21,22,23). The summed E-state index contributed by atoms with van der Waals surface area (Å²) in [5.41, 5.74) is 2.22. The lowest BCUT2D eigenvalue weighted by atomic mass is 10.2. The van der Waals surface area contributed by atoms with Gasteiger partial charge in [0.2, 0.25) is 0 Å². The van der Waals surface area contributed by atoms with Gasteiger partial charge >= 0.3 is 0 Å². The highest BCUT2D eigenvalue weighted by Crippen LogP contribution is 2.35. The average molecular weight is 385 g/mol. The van der Waals surface area contributed by atoms with Crippen molar-refractivity contribution < 1.29 is 9.47 Å². The van der Waals surface area contributed by atoms with Crippen LogP contribution >= 0.6 is 11.3 Å². The highest BCUT2D eigenvalue weighted by molar-refractivity contribution is 7.18. The lowest BCUT2D eigenvalue weighted by Gasteiger charge is -2.25. The number of hydrogen-bond acceptors (Lipinski definition) is 7. The summed E-state index contributed by atoms with van der Waals surface area (Å²) in [6, 6.07) is 7.90. The number of hydrogen-bond donors (Lipinski definition) is 1. The summed E-state index contributed by atoms with van der Waals surface area (Å²) in [5, 5.41) is 4.60. The monoisotopic (exact) mass is 384 g/mol. The molecule has 1 aliphatic rings. The Morgan fingerprint density at radius 2 is 1.89 bits per heavy atom. The van der Waals surface area contributed by atoms with E-state index in [9.17, 15) is 0 Å². The smallest absolute Gasteiger partial charge is 0.146 e. The summed E-state index contributed by atoms with van der Waals surface area (Å²) in [6.07, 6.45) is 0. The minimum atomic E-state index is 0.743. The van der Waals surface area contributed by atoms with Crippen LogP contribution < -0.4 is 10.1 Å². The van der Waals surface area contributed by atoms with Gasteiger partial charge in [-0.05, 0) is 43.7 Å². The van der Waals surface area contributed by atoms with Crippen LogP contribution in [0.5, 0.6) is 5.75 Å². The third kappa shape index (κ3) is 3.90. The maximum atomic E-state index is 5.45. The molecule has 0 bridgehead atoms. The van der Waals surface area contributed by atoms with Gasteiger partial charge in [0.05, 0.1) is 32.3 Å². The van der Waals surface area contributed by atoms with Crippen molar-refractivity contribution in [3.05, 3.63) is 40.5 Å². The van der Waals surface area contributed by atoms with E-state index in [0.717, 1.165) is 66.1 Å². The van der Waals surface area contributed by atoms with E-state index in [2.05, 4.69) is 24.1 Å². The van der Waals surface area contributed by atoms with Crippen molar-refractivity contribution in [1.29, 1.82) is 0 Å². The maximum absolute atomic E-state index is 5.45. The number of ether oxygens (including phenoxy) is 2. The Balaban J connectivity index is 1.69. The van der Waals surface area contributed by atoms with Crippen molar-refractivity contribution in [2.75, 3.05) is 38.7 Å². The van der Waals surface area contributed by atoms with E-state index in [0.29, 0.717) is 0 Å². The molecule has 0 atom stereocenters. The van der Waals surface area contributed by atoms with E-state index >= 15 is 0 Å². The zero-order valence-electron chi connectivity index (χ0n) is 15.9. The quantitative estimate of drug-likeness (QED) is 0.720. The third-order valence-electron chi connectivity index (χ3n) is 4.90. The van der Waals surface area contributed by atoms with Gasteiger partial charge in [-0.2, -0.15) is 0 Å². The summed E-state index contributed by atoms with van der Waals surface area (Å²) in [5.74, 6) is 2.56. The zero-order valence-corrected chi connectivity index (χ0v) is 16.7. The summed E-state index contributed by atoms with van der Waals surface area (Å²) < 4.78 is 10.7. The van der Waals surface area contributed by atoms with Crippen molar-refractivity contribution in [2.45, 2.75) is 20.4 Å². The Kier molecular flexibility index (Phi) is 5.24. The van der Waals surface area contributed by atoms with Crippen LogP contribution in [0.25, 0.3) is 10.2 Å². The predicted octanol–water partition coefficient (Wildman–Crippen LogP) is 3.89. The fourth-order valence-electron chi connectivity index (χ4n) is 3.23. The second kappa shape index (κ2) is 7.80. The highest BCUT2D eigenvalue weighted by Gasteiger charge is 2.18. The van der Waals surface area contributed by atoms with Gasteiger partial charge in [-0.3, -0.25) is 4.90 Å². The summed E-state index contributed by atoms with van der Waals surface area (Å²) >= 11 is 1.73. The van der Waals surface area contributed by atoms with Crippen molar-refractivity contribution in [2.24, 2.45) is 0 Å². The Morgan fingerprint density at radius 3 is 2.59 bits per heavy atom. The highest BCUT2D eigenvalue weighted by atomic mass is 32.1. The minimum absolute atomic E-state index is 0.743. The largest absolute Gasteiger partial charge is 0.497 e. The normalized spacial score (nSPS) is 15.2. The molecule has 0 aliphatic carbocycles. The van der Waals surface area contributed by atoms with Gasteiger partial charge in [-0.1, -0.05) is 0 Å². The Bertz CT molecular complexity index is 933. The van der Waals surface area contributed by atoms with Gasteiger partial charge in [-0.25, -0.2) is 9.97 Å². The molecule has 2 aromatic heterocycles. The zero-order chi connectivity index (χ0) is 18.8. The molecule has 0 spiro atoms. The number of nitrogens with zero attached hydrogens (tertiary/aromatic N) is 3. The number of thiophene rings is 1. The van der Waals surface area contributed by atoms with Crippen molar-refractivity contribution >= 4 is 33.1 Å². The van der Waals surface area contributed by atoms with Crippen LogP contribution in [0.1, 0.15) is 16.3 Å². The van der Waals surface area contributed by atoms with Gasteiger partial charge in [0, 0.05) is 23.7 Å². The maximum Gasteiger partial charge on any atom is 0.146 e. The Morgan fingerprint density at radius 1 is 1.15 bits per heavy atom. The molecular formula is C20H24N4O2S. The molecule has 1 fully saturated rings. The Labute approximate surface area is 163 Å². The topological polar surface area (TPSA) is 59.5 Å². The first kappa shape index (κ1) is 18.2. The van der Waals surface area contributed by atoms with Gasteiger partial charge < -0.3 is 14.8 Å². The number of aryl methyl sites for hydroxylation is 2. The van der Waals surface area contributed by atoms with Crippen molar-refractivity contribution in [3.8, 4) is 5.75 Å². The second-order valence-electron chi connectivity index (χ2n) is 6.69. The molecular weight excluding hydrogens is 360 g/mol. The second-order valence-corrected chi connectivity index (χ2v) is 7.90. The number of rotatable bonds is 5. The molecule has 7 heteroatoms. The van der Waals surface area contributed by atoms with Crippen LogP contribution in [-0.2, 0) is 11.3 Å². The molecule has 0 radical (unpaired) electrons. The van der Waals surface area contributed by atoms with Crippen LogP contribution in [-0.4, -0.2) is 48.3 Å². The van der Waals surface area contributed by atoms with Crippen LogP contribution in [0.2, 0.25) is 0 Å². The lowest BCUT2D eigenvalue weighted by Crippen LogP contribution is -2.36. The molecule has 27 heavy (non-hydrogen) atoms. The van der Waals surface area contributed by atoms with E-state index in [4.69, 9.17) is 19.4 Å².